The molecule has 2 heterocycles. The zero-order valence-electron chi connectivity index (χ0n) is 15.2. The third-order valence-electron chi connectivity index (χ3n) is 4.35. The number of fused-ring (bicyclic) bond motifs is 1. The number of esters is 1. The van der Waals surface area contributed by atoms with Crippen molar-refractivity contribution in [2.24, 2.45) is 0 Å². The van der Waals surface area contributed by atoms with E-state index in [0.29, 0.717) is 25.3 Å². The number of amides is 1. The molecule has 0 radical (unpaired) electrons. The maximum atomic E-state index is 12.3. The molecule has 1 aliphatic heterocycles. The van der Waals surface area contributed by atoms with Gasteiger partial charge >= 0.3 is 13.1 Å². The van der Waals surface area contributed by atoms with Crippen molar-refractivity contribution in [3.05, 3.63) is 48.0 Å². The summed E-state index contributed by atoms with van der Waals surface area (Å²) in [6.07, 6.45) is 6.47. The normalized spacial score (nSPS) is 15.5. The average Bonchev–Trinajstić information content (AvgIpc) is 3.20. The number of alkyl halides is 1. The van der Waals surface area contributed by atoms with Crippen LogP contribution in [0, 0.1) is 0 Å². The maximum absolute atomic E-state index is 12.3. The highest BCUT2D eigenvalue weighted by molar-refractivity contribution is 14.1. The number of para-hydroxylation sites is 1. The molecule has 1 aliphatic rings. The average molecular weight is 497 g/mol. The van der Waals surface area contributed by atoms with Gasteiger partial charge in [-0.1, -0.05) is 34.7 Å². The molecule has 0 fully saturated rings. The number of rotatable bonds is 8. The predicted molar refractivity (Wildman–Crippen MR) is 111 cm³/mol. The van der Waals surface area contributed by atoms with Crippen molar-refractivity contribution in [1.29, 1.82) is 0 Å². The predicted octanol–water partition coefficient (Wildman–Crippen LogP) is 1.39. The Bertz CT molecular complexity index is 818. The van der Waals surface area contributed by atoms with Crippen LogP contribution in [0.15, 0.2) is 36.9 Å². The zero-order chi connectivity index (χ0) is 19.9. The molecule has 0 saturated carbocycles. The zero-order valence-corrected chi connectivity index (χ0v) is 17.4. The number of nitrogens with zero attached hydrogens (tertiary/aromatic N) is 2. The topological polar surface area (TPSA) is 103 Å². The summed E-state index contributed by atoms with van der Waals surface area (Å²) in [5.74, 6) is -0.942. The third-order valence-corrected chi connectivity index (χ3v) is 5.12. The number of carbonyl (C=O) groups excluding carboxylic acids is 2. The van der Waals surface area contributed by atoms with Crippen LogP contribution in [0.3, 0.4) is 0 Å². The summed E-state index contributed by atoms with van der Waals surface area (Å²) in [6, 6.07) is 5.17. The molecule has 0 aliphatic carbocycles. The number of aromatic nitrogens is 2. The van der Waals surface area contributed by atoms with Crippen LogP contribution in [0.1, 0.15) is 28.8 Å². The monoisotopic (exact) mass is 497 g/mol. The molecule has 1 amide bonds. The number of nitrogens with one attached hydrogen (secondary N) is 1. The number of halogens is 1. The van der Waals surface area contributed by atoms with Gasteiger partial charge in [0.05, 0.1) is 18.9 Å². The molecule has 0 unspecified atom stereocenters. The van der Waals surface area contributed by atoms with Crippen molar-refractivity contribution >= 4 is 41.6 Å². The van der Waals surface area contributed by atoms with E-state index in [-0.39, 0.29) is 17.9 Å². The molecule has 2 aromatic rings. The molecule has 148 valence electrons. The van der Waals surface area contributed by atoms with Crippen LogP contribution < -0.4 is 9.97 Å². The first-order valence-corrected chi connectivity index (χ1v) is 10.6. The highest BCUT2D eigenvalue weighted by atomic mass is 127. The first-order valence-electron chi connectivity index (χ1n) is 9.03. The van der Waals surface area contributed by atoms with E-state index in [1.54, 1.807) is 35.4 Å². The van der Waals surface area contributed by atoms with Crippen LogP contribution in [0.25, 0.3) is 0 Å². The van der Waals surface area contributed by atoms with Gasteiger partial charge in [0.2, 0.25) is 5.91 Å². The summed E-state index contributed by atoms with van der Waals surface area (Å²) in [6.45, 7) is 0.836. The van der Waals surface area contributed by atoms with Crippen molar-refractivity contribution in [3.8, 4) is 5.75 Å². The van der Waals surface area contributed by atoms with Crippen LogP contribution in [0.4, 0.5) is 0 Å². The molecule has 8 nitrogen and oxygen atoms in total. The van der Waals surface area contributed by atoms with E-state index in [4.69, 9.17) is 9.39 Å². The molecule has 2 N–H and O–H groups in total. The van der Waals surface area contributed by atoms with Gasteiger partial charge in [-0.25, -0.2) is 9.78 Å². The van der Waals surface area contributed by atoms with Crippen molar-refractivity contribution in [2.45, 2.75) is 31.7 Å². The number of carbonyl (C=O) groups is 2. The number of ether oxygens (including phenoxy) is 1. The van der Waals surface area contributed by atoms with Gasteiger partial charge in [0, 0.05) is 29.8 Å². The van der Waals surface area contributed by atoms with E-state index in [0.717, 1.165) is 16.4 Å². The smallest absolute Gasteiger partial charge is 0.534 e. The second-order valence-electron chi connectivity index (χ2n) is 6.41. The van der Waals surface area contributed by atoms with Crippen LogP contribution >= 0.6 is 22.6 Å². The van der Waals surface area contributed by atoms with Crippen LogP contribution in [0.2, 0.25) is 0 Å². The largest absolute Gasteiger partial charge is 0.547 e. The fourth-order valence-corrected chi connectivity index (χ4v) is 3.25. The Balaban J connectivity index is 1.61. The Hall–Kier alpha value is -2.08. The molecule has 0 saturated heterocycles. The number of hydrogen-bond acceptors (Lipinski definition) is 6. The summed E-state index contributed by atoms with van der Waals surface area (Å²) in [5.41, 5.74) is 1.03. The molecule has 1 atom stereocenters. The van der Waals surface area contributed by atoms with Crippen LogP contribution in [-0.2, 0) is 22.5 Å². The summed E-state index contributed by atoms with van der Waals surface area (Å²) in [4.78, 5) is 28.4. The molecular weight excluding hydrogens is 476 g/mol. The van der Waals surface area contributed by atoms with Gasteiger partial charge < -0.3 is 24.3 Å². The van der Waals surface area contributed by atoms with Crippen LogP contribution in [-0.4, -0.2) is 50.5 Å². The fourth-order valence-electron chi connectivity index (χ4n) is 2.93. The molecule has 28 heavy (non-hydrogen) atoms. The molecule has 0 spiro atoms. The second-order valence-corrected chi connectivity index (χ2v) is 7.49. The second kappa shape index (κ2) is 9.92. The number of imidazole rings is 1. The third kappa shape index (κ3) is 5.25. The summed E-state index contributed by atoms with van der Waals surface area (Å²) in [7, 11) is -1.24. The van der Waals surface area contributed by atoms with E-state index in [1.165, 1.54) is 0 Å². The summed E-state index contributed by atoms with van der Waals surface area (Å²) in [5, 5.41) is 13.1. The van der Waals surface area contributed by atoms with E-state index in [1.807, 2.05) is 6.07 Å². The SMILES string of the molecule is O=C(CCn1ccnc1)N[C@H]1Cc2cccc(C(=O)OCCCI)c2OB1O. The van der Waals surface area contributed by atoms with Crippen LogP contribution in [0.5, 0.6) is 5.75 Å². The quantitative estimate of drug-likeness (QED) is 0.188. The number of aryl methyl sites for hydroxylation is 1. The number of hydrogen-bond donors (Lipinski definition) is 2. The van der Waals surface area contributed by atoms with Gasteiger partial charge in [-0.15, -0.1) is 0 Å². The summed E-state index contributed by atoms with van der Waals surface area (Å²) >= 11 is 2.22. The Morgan fingerprint density at radius 3 is 3.07 bits per heavy atom. The van der Waals surface area contributed by atoms with Gasteiger partial charge in [0.15, 0.2) is 0 Å². The Morgan fingerprint density at radius 1 is 1.46 bits per heavy atom. The molecule has 1 aromatic heterocycles. The lowest BCUT2D eigenvalue weighted by atomic mass is 9.72. The fraction of sp³-hybridized carbons (Fsp3) is 0.389. The first kappa shape index (κ1) is 20.7. The molecule has 1 aromatic carbocycles. The van der Waals surface area contributed by atoms with Gasteiger partial charge in [0.25, 0.3) is 0 Å². The van der Waals surface area contributed by atoms with E-state index >= 15 is 0 Å². The minimum absolute atomic E-state index is 0.195. The van der Waals surface area contributed by atoms with Gasteiger partial charge in [-0.3, -0.25) is 4.79 Å². The minimum atomic E-state index is -1.24. The first-order chi connectivity index (χ1) is 13.6. The highest BCUT2D eigenvalue weighted by Crippen LogP contribution is 2.30. The number of benzene rings is 1. The lowest BCUT2D eigenvalue weighted by molar-refractivity contribution is -0.121. The van der Waals surface area contributed by atoms with E-state index in [9.17, 15) is 14.6 Å². The molecule has 10 heteroatoms. The lowest BCUT2D eigenvalue weighted by Crippen LogP contribution is -2.53. The van der Waals surface area contributed by atoms with Crippen molar-refractivity contribution in [3.63, 3.8) is 0 Å². The minimum Gasteiger partial charge on any atom is -0.534 e. The van der Waals surface area contributed by atoms with Gasteiger partial charge in [-0.05, 0) is 24.5 Å². The van der Waals surface area contributed by atoms with Crippen molar-refractivity contribution in [2.75, 3.05) is 11.0 Å². The van der Waals surface area contributed by atoms with Crippen molar-refractivity contribution < 1.29 is 24.0 Å². The summed E-state index contributed by atoms with van der Waals surface area (Å²) < 4.78 is 13.5. The Kier molecular flexibility index (Phi) is 7.32. The highest BCUT2D eigenvalue weighted by Gasteiger charge is 2.37. The maximum Gasteiger partial charge on any atom is 0.547 e. The molecular formula is C18H21BIN3O5. The molecule has 3 rings (SSSR count). The Labute approximate surface area is 176 Å². The van der Waals surface area contributed by atoms with E-state index in [2.05, 4.69) is 32.9 Å². The van der Waals surface area contributed by atoms with Gasteiger partial charge in [0.1, 0.15) is 11.3 Å². The Morgan fingerprint density at radius 2 is 2.32 bits per heavy atom. The lowest BCUT2D eigenvalue weighted by Gasteiger charge is -2.29. The van der Waals surface area contributed by atoms with Crippen molar-refractivity contribution in [1.82, 2.24) is 14.9 Å². The molecule has 0 bridgehead atoms. The standard InChI is InChI=1S/C18H21BIN3O5/c20-6-2-10-27-18(25)14-4-1-3-13-11-15(19(26)28-17(13)14)22-16(24)5-8-23-9-7-21-12-23/h1,3-4,7,9,12,15,26H,2,5-6,8,10-11H2,(H,22,24)/t15-/m0/s1. The van der Waals surface area contributed by atoms with Gasteiger partial charge in [-0.2, -0.15) is 0 Å². The van der Waals surface area contributed by atoms with E-state index < -0.39 is 19.0 Å².